The number of rotatable bonds is 3. The number of benzene rings is 1. The molecule has 4 nitrogen and oxygen atoms in total. The third-order valence-corrected chi connectivity index (χ3v) is 5.68. The van der Waals surface area contributed by atoms with Gasteiger partial charge >= 0.3 is 0 Å². The van der Waals surface area contributed by atoms with E-state index in [4.69, 9.17) is 11.6 Å². The lowest BCUT2D eigenvalue weighted by molar-refractivity contribution is 0.478. The molecule has 1 fully saturated rings. The van der Waals surface area contributed by atoms with E-state index < -0.39 is 0 Å². The Morgan fingerprint density at radius 1 is 1.20 bits per heavy atom. The van der Waals surface area contributed by atoms with Gasteiger partial charge in [0.2, 0.25) is 5.28 Å². The molecule has 1 aromatic carbocycles. The topological polar surface area (TPSA) is 49.8 Å². The van der Waals surface area contributed by atoms with Crippen molar-refractivity contribution in [3.05, 3.63) is 40.2 Å². The number of thiophene rings is 1. The summed E-state index contributed by atoms with van der Waals surface area (Å²) in [5.74, 6) is 0.527. The van der Waals surface area contributed by atoms with E-state index in [2.05, 4.69) is 20.6 Å². The van der Waals surface area contributed by atoms with E-state index >= 15 is 0 Å². The fourth-order valence-electron chi connectivity index (χ4n) is 3.31. The molecule has 1 aliphatic rings. The first-order valence-electron chi connectivity index (χ1n) is 8.31. The Kier molecular flexibility index (Phi) is 4.58. The maximum absolute atomic E-state index is 13.3. The summed E-state index contributed by atoms with van der Waals surface area (Å²) in [4.78, 5) is 10.8. The standard InChI is InChI=1S/C18H18ClFN4S/c1-10-14(11-2-4-12(20)5-3-11)15-16(22-13-6-8-21-9-7-13)23-18(19)24-17(15)25-10/h2-5,13,21H,6-9H2,1H3,(H,22,23,24). The van der Waals surface area contributed by atoms with E-state index in [0.717, 1.165) is 58.0 Å². The van der Waals surface area contributed by atoms with Crippen LogP contribution in [-0.2, 0) is 0 Å². The molecule has 1 saturated heterocycles. The van der Waals surface area contributed by atoms with Crippen LogP contribution in [0.2, 0.25) is 5.28 Å². The summed E-state index contributed by atoms with van der Waals surface area (Å²) in [6.07, 6.45) is 2.08. The van der Waals surface area contributed by atoms with Crippen LogP contribution in [0.4, 0.5) is 10.2 Å². The lowest BCUT2D eigenvalue weighted by Gasteiger charge is -2.24. The fraction of sp³-hybridized carbons (Fsp3) is 0.333. The van der Waals surface area contributed by atoms with Gasteiger partial charge in [-0.3, -0.25) is 0 Å². The van der Waals surface area contributed by atoms with Crippen molar-refractivity contribution in [2.75, 3.05) is 18.4 Å². The van der Waals surface area contributed by atoms with E-state index in [1.807, 2.05) is 6.92 Å². The van der Waals surface area contributed by atoms with Gasteiger partial charge in [-0.05, 0) is 62.2 Å². The molecule has 0 saturated carbocycles. The molecule has 0 bridgehead atoms. The number of aromatic nitrogens is 2. The van der Waals surface area contributed by atoms with Crippen LogP contribution in [-0.4, -0.2) is 29.1 Å². The van der Waals surface area contributed by atoms with Crippen molar-refractivity contribution < 1.29 is 4.39 Å². The third-order valence-electron chi connectivity index (χ3n) is 4.51. The average molecular weight is 377 g/mol. The number of fused-ring (bicyclic) bond motifs is 1. The first kappa shape index (κ1) is 16.7. The number of hydrogen-bond acceptors (Lipinski definition) is 5. The second-order valence-electron chi connectivity index (χ2n) is 6.23. The van der Waals surface area contributed by atoms with Gasteiger partial charge in [0.25, 0.3) is 0 Å². The number of hydrogen-bond donors (Lipinski definition) is 2. The number of halogens is 2. The lowest BCUT2D eigenvalue weighted by atomic mass is 10.0. The summed E-state index contributed by atoms with van der Waals surface area (Å²) in [7, 11) is 0. The van der Waals surface area contributed by atoms with E-state index in [1.165, 1.54) is 12.1 Å². The first-order valence-corrected chi connectivity index (χ1v) is 9.51. The zero-order valence-electron chi connectivity index (χ0n) is 13.8. The van der Waals surface area contributed by atoms with Gasteiger partial charge in [0.1, 0.15) is 16.5 Å². The molecule has 0 spiro atoms. The van der Waals surface area contributed by atoms with Gasteiger partial charge in [0.15, 0.2) is 0 Å². The van der Waals surface area contributed by atoms with Crippen molar-refractivity contribution in [2.45, 2.75) is 25.8 Å². The molecule has 0 atom stereocenters. The van der Waals surface area contributed by atoms with Crippen LogP contribution in [0.15, 0.2) is 24.3 Å². The molecule has 1 aliphatic heterocycles. The summed E-state index contributed by atoms with van der Waals surface area (Å²) < 4.78 is 13.3. The van der Waals surface area contributed by atoms with Gasteiger partial charge in [0.05, 0.1) is 5.39 Å². The summed E-state index contributed by atoms with van der Waals surface area (Å²) in [5.41, 5.74) is 2.01. The zero-order chi connectivity index (χ0) is 17.4. The number of nitrogens with zero attached hydrogens (tertiary/aromatic N) is 2. The van der Waals surface area contributed by atoms with Crippen molar-refractivity contribution in [3.63, 3.8) is 0 Å². The number of piperidine rings is 1. The van der Waals surface area contributed by atoms with Crippen LogP contribution < -0.4 is 10.6 Å². The van der Waals surface area contributed by atoms with Crippen LogP contribution in [0.1, 0.15) is 17.7 Å². The van der Waals surface area contributed by atoms with E-state index in [1.54, 1.807) is 23.5 Å². The lowest BCUT2D eigenvalue weighted by Crippen LogP contribution is -2.35. The van der Waals surface area contributed by atoms with Crippen molar-refractivity contribution in [1.82, 2.24) is 15.3 Å². The molecule has 0 amide bonds. The van der Waals surface area contributed by atoms with Crippen LogP contribution in [0.3, 0.4) is 0 Å². The Morgan fingerprint density at radius 3 is 2.64 bits per heavy atom. The summed E-state index contributed by atoms with van der Waals surface area (Å²) in [5, 5.41) is 8.14. The maximum Gasteiger partial charge on any atom is 0.225 e. The molecule has 3 heterocycles. The van der Waals surface area contributed by atoms with Crippen molar-refractivity contribution in [3.8, 4) is 11.1 Å². The predicted molar refractivity (Wildman–Crippen MR) is 102 cm³/mol. The van der Waals surface area contributed by atoms with Crippen LogP contribution >= 0.6 is 22.9 Å². The summed E-state index contributed by atoms with van der Waals surface area (Å²) in [6.45, 7) is 4.04. The number of aryl methyl sites for hydroxylation is 1. The molecule has 2 aromatic heterocycles. The Bertz CT molecular complexity index is 904. The van der Waals surface area contributed by atoms with Crippen molar-refractivity contribution in [2.24, 2.45) is 0 Å². The molecule has 2 N–H and O–H groups in total. The highest BCUT2D eigenvalue weighted by molar-refractivity contribution is 7.19. The Balaban J connectivity index is 1.85. The fourth-order valence-corrected chi connectivity index (χ4v) is 4.58. The zero-order valence-corrected chi connectivity index (χ0v) is 15.3. The first-order chi connectivity index (χ1) is 12.1. The monoisotopic (exact) mass is 376 g/mol. The Hall–Kier alpha value is -1.76. The van der Waals surface area contributed by atoms with Crippen LogP contribution in [0, 0.1) is 12.7 Å². The van der Waals surface area contributed by atoms with Crippen LogP contribution in [0.5, 0.6) is 0 Å². The molecule has 130 valence electrons. The quantitative estimate of drug-likeness (QED) is 0.655. The molecule has 25 heavy (non-hydrogen) atoms. The number of nitrogens with one attached hydrogen (secondary N) is 2. The van der Waals surface area contributed by atoms with Gasteiger partial charge < -0.3 is 10.6 Å². The largest absolute Gasteiger partial charge is 0.367 e. The van der Waals surface area contributed by atoms with Crippen LogP contribution in [0.25, 0.3) is 21.3 Å². The highest BCUT2D eigenvalue weighted by Gasteiger charge is 2.21. The molecule has 3 aromatic rings. The number of anilines is 1. The second-order valence-corrected chi connectivity index (χ2v) is 7.77. The van der Waals surface area contributed by atoms with Gasteiger partial charge in [-0.2, -0.15) is 0 Å². The highest BCUT2D eigenvalue weighted by atomic mass is 35.5. The maximum atomic E-state index is 13.3. The Morgan fingerprint density at radius 2 is 1.92 bits per heavy atom. The van der Waals surface area contributed by atoms with E-state index in [9.17, 15) is 4.39 Å². The van der Waals surface area contributed by atoms with Crippen molar-refractivity contribution >= 4 is 39.0 Å². The Labute approximate surface area is 154 Å². The third kappa shape index (κ3) is 3.34. The molecule has 0 unspecified atom stereocenters. The van der Waals surface area contributed by atoms with Gasteiger partial charge in [0, 0.05) is 16.5 Å². The minimum Gasteiger partial charge on any atom is -0.367 e. The molecular weight excluding hydrogens is 359 g/mol. The molecule has 7 heteroatoms. The minimum absolute atomic E-state index is 0.242. The van der Waals surface area contributed by atoms with E-state index in [-0.39, 0.29) is 11.1 Å². The molecular formula is C18H18ClFN4S. The minimum atomic E-state index is -0.242. The molecule has 0 aliphatic carbocycles. The normalized spacial score (nSPS) is 15.6. The van der Waals surface area contributed by atoms with Gasteiger partial charge in [-0.15, -0.1) is 11.3 Å². The van der Waals surface area contributed by atoms with Gasteiger partial charge in [-0.1, -0.05) is 12.1 Å². The molecule has 4 rings (SSSR count). The second kappa shape index (κ2) is 6.86. The van der Waals surface area contributed by atoms with E-state index in [0.29, 0.717) is 6.04 Å². The van der Waals surface area contributed by atoms with Gasteiger partial charge in [-0.25, -0.2) is 14.4 Å². The summed E-state index contributed by atoms with van der Waals surface area (Å²) >= 11 is 7.74. The predicted octanol–water partition coefficient (Wildman–Crippen LogP) is 4.62. The van der Waals surface area contributed by atoms with Crippen molar-refractivity contribution in [1.29, 1.82) is 0 Å². The average Bonchev–Trinajstić information content (AvgIpc) is 2.92. The summed E-state index contributed by atoms with van der Waals surface area (Å²) in [6, 6.07) is 6.92. The smallest absolute Gasteiger partial charge is 0.225 e. The highest BCUT2D eigenvalue weighted by Crippen LogP contribution is 2.41. The SMILES string of the molecule is Cc1sc2nc(Cl)nc(NC3CCNCC3)c2c1-c1ccc(F)cc1. The molecule has 0 radical (unpaired) electrons.